The molecule has 4 heterocycles. The van der Waals surface area contributed by atoms with Crippen LogP contribution in [0, 0.1) is 0 Å². The van der Waals surface area contributed by atoms with E-state index in [9.17, 15) is 9.59 Å². The van der Waals surface area contributed by atoms with Gasteiger partial charge in [0, 0.05) is 6.20 Å². The molecule has 0 radical (unpaired) electrons. The number of fused-ring (bicyclic) bond motifs is 2. The fourth-order valence-electron chi connectivity index (χ4n) is 4.03. The molecule has 4 aromatic rings. The number of hydrogen-bond acceptors (Lipinski definition) is 9. The summed E-state index contributed by atoms with van der Waals surface area (Å²) in [6, 6.07) is 17.6. The Labute approximate surface area is 226 Å². The van der Waals surface area contributed by atoms with E-state index in [2.05, 4.69) is 4.98 Å². The molecule has 11 heteroatoms. The standard InChI is InChI=1S/C27H19N3O6S2/c1-33-17-6-8-18(9-7-17)36-24-19(25(31)29-11-3-2-4-23(29)28-24)13-22-26(32)30(27(37)38-22)14-16-5-10-20-21(12-16)35-15-34-20/h2-13H,14-15H2,1H3/b22-13+. The predicted molar refractivity (Wildman–Crippen MR) is 146 cm³/mol. The average Bonchev–Trinajstić information content (AvgIpc) is 3.51. The molecule has 9 nitrogen and oxygen atoms in total. The van der Waals surface area contributed by atoms with E-state index in [1.807, 2.05) is 12.1 Å². The van der Waals surface area contributed by atoms with Gasteiger partial charge < -0.3 is 18.9 Å². The van der Waals surface area contributed by atoms with E-state index < -0.39 is 0 Å². The molecule has 38 heavy (non-hydrogen) atoms. The first-order valence-corrected chi connectivity index (χ1v) is 12.7. The van der Waals surface area contributed by atoms with Crippen molar-refractivity contribution < 1.29 is 23.7 Å². The SMILES string of the molecule is COc1ccc(Oc2nc3ccccn3c(=O)c2/C=C2/SC(=S)N(Cc3ccc4c(c3)OCO4)C2=O)cc1. The van der Waals surface area contributed by atoms with Gasteiger partial charge in [0.1, 0.15) is 27.0 Å². The zero-order valence-corrected chi connectivity index (χ0v) is 21.6. The van der Waals surface area contributed by atoms with E-state index in [0.29, 0.717) is 37.9 Å². The summed E-state index contributed by atoms with van der Waals surface area (Å²) in [5.41, 5.74) is 1.00. The van der Waals surface area contributed by atoms with Crippen LogP contribution >= 0.6 is 24.0 Å². The Morgan fingerprint density at radius 1 is 1.05 bits per heavy atom. The van der Waals surface area contributed by atoms with Crippen LogP contribution in [0.25, 0.3) is 11.7 Å². The number of nitrogens with zero attached hydrogens (tertiary/aromatic N) is 3. The van der Waals surface area contributed by atoms with E-state index in [1.54, 1.807) is 61.8 Å². The molecule has 2 aromatic heterocycles. The number of carbonyl (C=O) groups excluding carboxylic acids is 1. The second kappa shape index (κ2) is 9.84. The van der Waals surface area contributed by atoms with Crippen molar-refractivity contribution in [1.82, 2.24) is 14.3 Å². The van der Waals surface area contributed by atoms with Gasteiger partial charge in [0.25, 0.3) is 11.5 Å². The molecule has 1 amide bonds. The molecular formula is C27H19N3O6S2. The lowest BCUT2D eigenvalue weighted by atomic mass is 10.2. The largest absolute Gasteiger partial charge is 0.497 e. The minimum Gasteiger partial charge on any atom is -0.497 e. The highest BCUT2D eigenvalue weighted by Gasteiger charge is 2.33. The number of thioether (sulfide) groups is 1. The van der Waals surface area contributed by atoms with Crippen LogP contribution in [-0.2, 0) is 11.3 Å². The molecular weight excluding hydrogens is 526 g/mol. The first-order chi connectivity index (χ1) is 18.5. The number of thiocarbonyl (C=S) groups is 1. The Kier molecular flexibility index (Phi) is 6.22. The van der Waals surface area contributed by atoms with E-state index in [4.69, 9.17) is 31.2 Å². The highest BCUT2D eigenvalue weighted by molar-refractivity contribution is 8.26. The third-order valence-corrected chi connectivity index (χ3v) is 7.31. The maximum Gasteiger partial charge on any atom is 0.269 e. The Bertz CT molecular complexity index is 1680. The van der Waals surface area contributed by atoms with Gasteiger partial charge in [0.05, 0.1) is 18.6 Å². The third kappa shape index (κ3) is 4.46. The number of aromatic nitrogens is 2. The van der Waals surface area contributed by atoms with Gasteiger partial charge in [-0.2, -0.15) is 4.98 Å². The predicted octanol–water partition coefficient (Wildman–Crippen LogP) is 4.63. The highest BCUT2D eigenvalue weighted by atomic mass is 32.2. The van der Waals surface area contributed by atoms with Crippen LogP contribution in [0.2, 0.25) is 0 Å². The smallest absolute Gasteiger partial charge is 0.269 e. The van der Waals surface area contributed by atoms with E-state index >= 15 is 0 Å². The Morgan fingerprint density at radius 3 is 2.66 bits per heavy atom. The molecule has 0 atom stereocenters. The van der Waals surface area contributed by atoms with Crippen LogP contribution in [0.15, 0.2) is 76.6 Å². The zero-order valence-electron chi connectivity index (χ0n) is 20.0. The number of carbonyl (C=O) groups is 1. The average molecular weight is 546 g/mol. The van der Waals surface area contributed by atoms with Crippen molar-refractivity contribution >= 4 is 45.9 Å². The lowest BCUT2D eigenvalue weighted by Gasteiger charge is -2.14. The third-order valence-electron chi connectivity index (χ3n) is 5.93. The molecule has 2 aromatic carbocycles. The molecule has 1 saturated heterocycles. The maximum atomic E-state index is 13.5. The van der Waals surface area contributed by atoms with Crippen LogP contribution in [0.5, 0.6) is 28.9 Å². The second-order valence-corrected chi connectivity index (χ2v) is 9.97. The summed E-state index contributed by atoms with van der Waals surface area (Å²) >= 11 is 6.63. The molecule has 190 valence electrons. The molecule has 6 rings (SSSR count). The number of benzene rings is 2. The van der Waals surface area contributed by atoms with E-state index in [0.717, 1.165) is 17.3 Å². The number of methoxy groups -OCH3 is 1. The molecule has 0 unspecified atom stereocenters. The van der Waals surface area contributed by atoms with Crippen molar-refractivity contribution in [3.63, 3.8) is 0 Å². The molecule has 0 bridgehead atoms. The van der Waals surface area contributed by atoms with Crippen molar-refractivity contribution in [2.45, 2.75) is 6.54 Å². The van der Waals surface area contributed by atoms with Crippen molar-refractivity contribution in [1.29, 1.82) is 0 Å². The number of ether oxygens (including phenoxy) is 4. The van der Waals surface area contributed by atoms with Gasteiger partial charge in [0.2, 0.25) is 12.7 Å². The second-order valence-electron chi connectivity index (χ2n) is 8.30. The Morgan fingerprint density at radius 2 is 1.84 bits per heavy atom. The zero-order chi connectivity index (χ0) is 26.2. The molecule has 1 fully saturated rings. The summed E-state index contributed by atoms with van der Waals surface area (Å²) in [7, 11) is 1.57. The van der Waals surface area contributed by atoms with Crippen molar-refractivity contribution in [3.05, 3.63) is 93.2 Å². The summed E-state index contributed by atoms with van der Waals surface area (Å²) in [6.45, 7) is 0.418. The molecule has 2 aliphatic heterocycles. The number of rotatable bonds is 6. The molecule has 0 spiro atoms. The summed E-state index contributed by atoms with van der Waals surface area (Å²) in [6.07, 6.45) is 3.11. The molecule has 0 saturated carbocycles. The maximum absolute atomic E-state index is 13.5. The fraction of sp³-hybridized carbons (Fsp3) is 0.111. The first kappa shape index (κ1) is 24.0. The molecule has 2 aliphatic rings. The van der Waals surface area contributed by atoms with Crippen molar-refractivity contribution in [2.24, 2.45) is 0 Å². The lowest BCUT2D eigenvalue weighted by molar-refractivity contribution is -0.122. The van der Waals surface area contributed by atoms with Crippen molar-refractivity contribution in [2.75, 3.05) is 13.9 Å². The van der Waals surface area contributed by atoms with Gasteiger partial charge in [-0.25, -0.2) is 0 Å². The summed E-state index contributed by atoms with van der Waals surface area (Å²) < 4.78 is 23.8. The van der Waals surface area contributed by atoms with E-state index in [-0.39, 0.29) is 36.2 Å². The van der Waals surface area contributed by atoms with Crippen LogP contribution in [-0.4, -0.2) is 38.4 Å². The monoisotopic (exact) mass is 545 g/mol. The van der Waals surface area contributed by atoms with Gasteiger partial charge in [-0.05, 0) is 60.2 Å². The molecule has 0 N–H and O–H groups in total. The van der Waals surface area contributed by atoms with Crippen LogP contribution in [0.1, 0.15) is 11.1 Å². The van der Waals surface area contributed by atoms with Crippen molar-refractivity contribution in [3.8, 4) is 28.9 Å². The Hall–Kier alpha value is -4.35. The van der Waals surface area contributed by atoms with Crippen LogP contribution in [0.4, 0.5) is 0 Å². The normalized spacial score (nSPS) is 15.5. The number of pyridine rings is 1. The topological polar surface area (TPSA) is 91.6 Å². The minimum absolute atomic E-state index is 0.0763. The number of amides is 1. The van der Waals surface area contributed by atoms with Gasteiger partial charge in [-0.15, -0.1) is 0 Å². The van der Waals surface area contributed by atoms with Gasteiger partial charge >= 0.3 is 0 Å². The first-order valence-electron chi connectivity index (χ1n) is 11.5. The van der Waals surface area contributed by atoms with Gasteiger partial charge in [0.15, 0.2) is 11.5 Å². The van der Waals surface area contributed by atoms with Gasteiger partial charge in [-0.3, -0.25) is 18.9 Å². The Balaban J connectivity index is 1.35. The van der Waals surface area contributed by atoms with E-state index in [1.165, 1.54) is 15.4 Å². The van der Waals surface area contributed by atoms with Crippen LogP contribution < -0.4 is 24.5 Å². The molecule has 0 aliphatic carbocycles. The summed E-state index contributed by atoms with van der Waals surface area (Å²) in [5, 5.41) is 0. The van der Waals surface area contributed by atoms with Gasteiger partial charge in [-0.1, -0.05) is 36.1 Å². The fourth-order valence-corrected chi connectivity index (χ4v) is 5.27. The lowest BCUT2D eigenvalue weighted by Crippen LogP contribution is -2.27. The summed E-state index contributed by atoms with van der Waals surface area (Å²) in [5.74, 6) is 2.17. The minimum atomic E-state index is -0.375. The quantitative estimate of drug-likeness (QED) is 0.254. The summed E-state index contributed by atoms with van der Waals surface area (Å²) in [4.78, 5) is 33.2. The van der Waals surface area contributed by atoms with Crippen LogP contribution in [0.3, 0.4) is 0 Å². The highest BCUT2D eigenvalue weighted by Crippen LogP contribution is 2.37. The number of hydrogen-bond donors (Lipinski definition) is 0.